The van der Waals surface area contributed by atoms with E-state index in [-0.39, 0.29) is 5.41 Å². The lowest BCUT2D eigenvalue weighted by atomic mass is 9.92. The second kappa shape index (κ2) is 6.71. The van der Waals surface area contributed by atoms with Crippen LogP contribution < -0.4 is 11.1 Å². The van der Waals surface area contributed by atoms with Crippen LogP contribution in [0.1, 0.15) is 46.4 Å². The second-order valence-electron chi connectivity index (χ2n) is 4.97. The van der Waals surface area contributed by atoms with E-state index in [9.17, 15) is 0 Å². The molecule has 0 radical (unpaired) electrons. The van der Waals surface area contributed by atoms with Crippen molar-refractivity contribution in [3.63, 3.8) is 0 Å². The Morgan fingerprint density at radius 1 is 1.41 bits per heavy atom. The van der Waals surface area contributed by atoms with Crippen molar-refractivity contribution in [3.05, 3.63) is 11.8 Å². The molecular weight excluding hydrogens is 232 g/mol. The lowest BCUT2D eigenvalue weighted by molar-refractivity contribution is 0.499. The third kappa shape index (κ3) is 4.44. The molecule has 98 valence electrons. The molecule has 0 bridgehead atoms. The first-order valence-corrected chi connectivity index (χ1v) is 6.21. The molecule has 0 saturated carbocycles. The van der Waals surface area contributed by atoms with Crippen LogP contribution in [0.5, 0.6) is 0 Å². The Hall–Kier alpha value is -0.940. The molecule has 5 heteroatoms. The van der Waals surface area contributed by atoms with Crippen LogP contribution in [0.3, 0.4) is 0 Å². The zero-order chi connectivity index (χ0) is 13.6. The topological polar surface area (TPSA) is 55.9 Å². The van der Waals surface area contributed by atoms with E-state index < -0.39 is 0 Å². The highest BCUT2D eigenvalue weighted by Crippen LogP contribution is 2.25. The van der Waals surface area contributed by atoms with Crippen molar-refractivity contribution >= 4 is 23.5 Å². The number of hydrogen-bond donors (Lipinski definition) is 2. The van der Waals surface area contributed by atoms with E-state index in [1.54, 1.807) is 0 Å². The molecule has 0 amide bonds. The summed E-state index contributed by atoms with van der Waals surface area (Å²) in [7, 11) is 1.50. The van der Waals surface area contributed by atoms with Crippen molar-refractivity contribution in [3.8, 4) is 0 Å². The Morgan fingerprint density at radius 2 is 1.94 bits per heavy atom. The smallest absolute Gasteiger partial charge is 0.129 e. The van der Waals surface area contributed by atoms with Crippen molar-refractivity contribution in [2.24, 2.45) is 5.73 Å². The minimum Gasteiger partial charge on any atom is -0.338 e. The van der Waals surface area contributed by atoms with E-state index >= 15 is 0 Å². The van der Waals surface area contributed by atoms with Gasteiger partial charge in [-0.05, 0) is 20.9 Å². The van der Waals surface area contributed by atoms with Crippen molar-refractivity contribution < 1.29 is 0 Å². The first-order chi connectivity index (χ1) is 7.86. The fourth-order valence-corrected chi connectivity index (χ4v) is 1.44. The van der Waals surface area contributed by atoms with E-state index in [0.717, 1.165) is 11.5 Å². The molecule has 3 N–H and O–H groups in total. The predicted molar refractivity (Wildman–Crippen MR) is 78.7 cm³/mol. The van der Waals surface area contributed by atoms with Crippen LogP contribution in [-0.2, 0) is 5.41 Å². The van der Waals surface area contributed by atoms with Crippen LogP contribution in [-0.4, -0.2) is 22.3 Å². The van der Waals surface area contributed by atoms with Gasteiger partial charge < -0.3 is 11.1 Å². The van der Waals surface area contributed by atoms with Gasteiger partial charge in [-0.2, -0.15) is 5.10 Å². The summed E-state index contributed by atoms with van der Waals surface area (Å²) in [5, 5.41) is 7.63. The van der Waals surface area contributed by atoms with Gasteiger partial charge in [-0.15, -0.1) is 0 Å². The third-order valence-electron chi connectivity index (χ3n) is 2.20. The van der Waals surface area contributed by atoms with Crippen molar-refractivity contribution in [2.75, 3.05) is 12.4 Å². The Bertz CT molecular complexity index is 350. The number of hydrogen-bond acceptors (Lipinski definition) is 3. The van der Waals surface area contributed by atoms with Gasteiger partial charge in [-0.1, -0.05) is 33.0 Å². The fourth-order valence-electron chi connectivity index (χ4n) is 1.32. The Balaban J connectivity index is 0.00000121. The molecule has 0 atom stereocenters. The molecule has 1 aromatic heterocycles. The van der Waals surface area contributed by atoms with Crippen LogP contribution in [0.15, 0.2) is 6.07 Å². The number of anilines is 1. The standard InChI is InChI=1S/C11H19N3S.CH5N/c1-8(2)14-10(12-7-15)6-9(13-14)11(3,4)5;1-2/h6-8H,1-5H3,(H,12,15);2H2,1H3. The minimum absolute atomic E-state index is 0.0675. The van der Waals surface area contributed by atoms with Crippen LogP contribution in [0.25, 0.3) is 0 Å². The largest absolute Gasteiger partial charge is 0.338 e. The first-order valence-electron chi connectivity index (χ1n) is 5.74. The molecule has 1 heterocycles. The fraction of sp³-hybridized carbons (Fsp3) is 0.667. The first kappa shape index (κ1) is 16.1. The van der Waals surface area contributed by atoms with E-state index in [1.165, 1.54) is 12.5 Å². The molecular formula is C12H24N4S. The van der Waals surface area contributed by atoms with Crippen molar-refractivity contribution in [1.82, 2.24) is 9.78 Å². The maximum Gasteiger partial charge on any atom is 0.129 e. The van der Waals surface area contributed by atoms with Crippen LogP contribution in [0, 0.1) is 0 Å². The van der Waals surface area contributed by atoms with Gasteiger partial charge >= 0.3 is 0 Å². The third-order valence-corrected chi connectivity index (χ3v) is 2.32. The minimum atomic E-state index is 0.0675. The average Bonchev–Trinajstić information content (AvgIpc) is 2.65. The number of nitrogens with zero attached hydrogens (tertiary/aromatic N) is 2. The van der Waals surface area contributed by atoms with Gasteiger partial charge in [0.25, 0.3) is 0 Å². The summed E-state index contributed by atoms with van der Waals surface area (Å²) in [6, 6.07) is 2.39. The molecule has 17 heavy (non-hydrogen) atoms. The number of thiocarbonyl (C=S) groups is 1. The SMILES string of the molecule is CC(C)n1nc(C(C)(C)C)cc1NC=S.CN. The van der Waals surface area contributed by atoms with E-state index in [1.807, 2.05) is 4.68 Å². The van der Waals surface area contributed by atoms with E-state index in [4.69, 9.17) is 12.2 Å². The summed E-state index contributed by atoms with van der Waals surface area (Å²) in [6.07, 6.45) is 0. The van der Waals surface area contributed by atoms with Crippen LogP contribution in [0.4, 0.5) is 5.82 Å². The maximum absolute atomic E-state index is 4.81. The highest BCUT2D eigenvalue weighted by molar-refractivity contribution is 7.79. The molecule has 0 spiro atoms. The molecule has 0 fully saturated rings. The van der Waals surface area contributed by atoms with Gasteiger partial charge in [0.2, 0.25) is 0 Å². The lowest BCUT2D eigenvalue weighted by Crippen LogP contribution is -2.13. The lowest BCUT2D eigenvalue weighted by Gasteiger charge is -2.14. The molecule has 1 aromatic rings. The highest BCUT2D eigenvalue weighted by atomic mass is 32.1. The summed E-state index contributed by atoms with van der Waals surface area (Å²) in [6.45, 7) is 10.7. The van der Waals surface area contributed by atoms with Crippen molar-refractivity contribution in [1.29, 1.82) is 0 Å². The quantitative estimate of drug-likeness (QED) is 0.816. The molecule has 4 nitrogen and oxygen atoms in total. The zero-order valence-corrected chi connectivity index (χ0v) is 12.4. The monoisotopic (exact) mass is 256 g/mol. The Labute approximate surface area is 110 Å². The van der Waals surface area contributed by atoms with Gasteiger partial charge in [0.15, 0.2) is 0 Å². The number of aromatic nitrogens is 2. The van der Waals surface area contributed by atoms with Gasteiger partial charge in [-0.3, -0.25) is 0 Å². The van der Waals surface area contributed by atoms with Gasteiger partial charge in [0, 0.05) is 17.5 Å². The summed E-state index contributed by atoms with van der Waals surface area (Å²) < 4.78 is 1.96. The molecule has 0 aliphatic heterocycles. The summed E-state index contributed by atoms with van der Waals surface area (Å²) in [4.78, 5) is 0. The normalized spacial score (nSPS) is 10.8. The van der Waals surface area contributed by atoms with Crippen molar-refractivity contribution in [2.45, 2.75) is 46.1 Å². The Kier molecular flexibility index (Phi) is 6.34. The summed E-state index contributed by atoms with van der Waals surface area (Å²) >= 11 is 4.81. The number of nitrogens with one attached hydrogen (secondary N) is 1. The summed E-state index contributed by atoms with van der Waals surface area (Å²) in [5.74, 6) is 0.963. The average molecular weight is 256 g/mol. The summed E-state index contributed by atoms with van der Waals surface area (Å²) in [5.41, 5.74) is 7.16. The molecule has 1 rings (SSSR count). The molecule has 0 saturated heterocycles. The van der Waals surface area contributed by atoms with Gasteiger partial charge in [0.05, 0.1) is 11.2 Å². The molecule has 0 aromatic carbocycles. The number of nitrogens with two attached hydrogens (primary N) is 1. The second-order valence-corrected chi connectivity index (χ2v) is 5.20. The van der Waals surface area contributed by atoms with Crippen LogP contribution >= 0.6 is 12.2 Å². The molecule has 0 aliphatic carbocycles. The van der Waals surface area contributed by atoms with Crippen LogP contribution in [0.2, 0.25) is 0 Å². The van der Waals surface area contributed by atoms with E-state index in [2.05, 4.69) is 56.8 Å². The molecule has 0 unspecified atom stereocenters. The number of rotatable bonds is 3. The predicted octanol–water partition coefficient (Wildman–Crippen LogP) is 2.71. The van der Waals surface area contributed by atoms with Gasteiger partial charge in [-0.25, -0.2) is 4.68 Å². The Morgan fingerprint density at radius 3 is 2.29 bits per heavy atom. The molecule has 0 aliphatic rings. The maximum atomic E-state index is 4.81. The zero-order valence-electron chi connectivity index (χ0n) is 11.6. The van der Waals surface area contributed by atoms with E-state index in [0.29, 0.717) is 6.04 Å². The highest BCUT2D eigenvalue weighted by Gasteiger charge is 2.20. The van der Waals surface area contributed by atoms with Gasteiger partial charge in [0.1, 0.15) is 5.82 Å².